The fourth-order valence-electron chi connectivity index (χ4n) is 2.79. The lowest BCUT2D eigenvalue weighted by Gasteiger charge is -2.34. The van der Waals surface area contributed by atoms with Gasteiger partial charge in [-0.1, -0.05) is 12.8 Å². The Morgan fingerprint density at radius 3 is 2.82 bits per heavy atom. The number of carbonyl (C=O) groups excluding carboxylic acids is 1. The van der Waals surface area contributed by atoms with Gasteiger partial charge in [0.15, 0.2) is 0 Å². The van der Waals surface area contributed by atoms with Crippen LogP contribution in [0.3, 0.4) is 0 Å². The van der Waals surface area contributed by atoms with Gasteiger partial charge in [0, 0.05) is 32.2 Å². The van der Waals surface area contributed by atoms with E-state index in [9.17, 15) is 4.79 Å². The standard InChI is InChI=1S/C14H27NO2/c1-12(8-10-17-3)15-9-6-4-5-7-14(15)11-13(2)16/h12,14H,4-11H2,1-3H3. The summed E-state index contributed by atoms with van der Waals surface area (Å²) in [7, 11) is 1.75. The number of ether oxygens (including phenoxy) is 1. The lowest BCUT2D eigenvalue weighted by atomic mass is 10.0. The minimum Gasteiger partial charge on any atom is -0.385 e. The highest BCUT2D eigenvalue weighted by Gasteiger charge is 2.25. The summed E-state index contributed by atoms with van der Waals surface area (Å²) in [5.41, 5.74) is 0. The lowest BCUT2D eigenvalue weighted by molar-refractivity contribution is -0.118. The van der Waals surface area contributed by atoms with Gasteiger partial charge in [0.05, 0.1) is 0 Å². The fraction of sp³-hybridized carbons (Fsp3) is 0.929. The van der Waals surface area contributed by atoms with Gasteiger partial charge in [-0.15, -0.1) is 0 Å². The molecule has 0 aliphatic carbocycles. The first-order valence-corrected chi connectivity index (χ1v) is 6.89. The summed E-state index contributed by atoms with van der Waals surface area (Å²) in [5, 5.41) is 0. The van der Waals surface area contributed by atoms with E-state index < -0.39 is 0 Å². The number of likely N-dealkylation sites (tertiary alicyclic amines) is 1. The topological polar surface area (TPSA) is 29.5 Å². The number of ketones is 1. The van der Waals surface area contributed by atoms with Crippen molar-refractivity contribution in [2.24, 2.45) is 0 Å². The summed E-state index contributed by atoms with van der Waals surface area (Å²) in [6, 6.07) is 0.985. The van der Waals surface area contributed by atoms with Crippen LogP contribution in [0.4, 0.5) is 0 Å². The normalized spacial score (nSPS) is 24.3. The van der Waals surface area contributed by atoms with Gasteiger partial charge in [-0.3, -0.25) is 9.69 Å². The maximum atomic E-state index is 11.4. The molecular weight excluding hydrogens is 214 g/mol. The van der Waals surface area contributed by atoms with Gasteiger partial charge in [0.25, 0.3) is 0 Å². The molecule has 2 atom stereocenters. The second kappa shape index (κ2) is 7.83. The van der Waals surface area contributed by atoms with Crippen LogP contribution in [0.25, 0.3) is 0 Å². The van der Waals surface area contributed by atoms with E-state index in [0.29, 0.717) is 17.9 Å². The number of carbonyl (C=O) groups is 1. The van der Waals surface area contributed by atoms with Crippen molar-refractivity contribution in [3.63, 3.8) is 0 Å². The Morgan fingerprint density at radius 2 is 2.18 bits per heavy atom. The van der Waals surface area contributed by atoms with E-state index in [2.05, 4.69) is 11.8 Å². The van der Waals surface area contributed by atoms with Crippen molar-refractivity contribution in [3.8, 4) is 0 Å². The molecule has 0 aromatic carbocycles. The second-order valence-corrected chi connectivity index (χ2v) is 5.28. The quantitative estimate of drug-likeness (QED) is 0.716. The Bertz CT molecular complexity index is 230. The summed E-state index contributed by atoms with van der Waals surface area (Å²) in [6.07, 6.45) is 6.80. The molecule has 1 aliphatic rings. The van der Waals surface area contributed by atoms with E-state index in [1.807, 2.05) is 0 Å². The first-order chi connectivity index (χ1) is 8.15. The summed E-state index contributed by atoms with van der Waals surface area (Å²) in [6.45, 7) is 5.92. The zero-order valence-electron chi connectivity index (χ0n) is 11.6. The molecule has 0 spiro atoms. The van der Waals surface area contributed by atoms with E-state index in [1.54, 1.807) is 14.0 Å². The number of Topliss-reactive ketones (excluding diaryl/α,β-unsaturated/α-hetero) is 1. The van der Waals surface area contributed by atoms with Gasteiger partial charge in [0.1, 0.15) is 5.78 Å². The van der Waals surface area contributed by atoms with Crippen LogP contribution >= 0.6 is 0 Å². The first-order valence-electron chi connectivity index (χ1n) is 6.89. The van der Waals surface area contributed by atoms with Crippen molar-refractivity contribution in [2.75, 3.05) is 20.3 Å². The Balaban J connectivity index is 2.57. The third kappa shape index (κ3) is 5.17. The number of rotatable bonds is 6. The monoisotopic (exact) mass is 241 g/mol. The predicted molar refractivity (Wildman–Crippen MR) is 70.2 cm³/mol. The van der Waals surface area contributed by atoms with Crippen molar-refractivity contribution in [1.82, 2.24) is 4.90 Å². The number of hydrogen-bond donors (Lipinski definition) is 0. The Kier molecular flexibility index (Phi) is 6.75. The fourth-order valence-corrected chi connectivity index (χ4v) is 2.79. The minimum absolute atomic E-state index is 0.320. The molecule has 0 amide bonds. The van der Waals surface area contributed by atoms with Gasteiger partial charge in [-0.25, -0.2) is 0 Å². The van der Waals surface area contributed by atoms with Crippen LogP contribution in [0, 0.1) is 0 Å². The highest BCUT2D eigenvalue weighted by molar-refractivity contribution is 5.76. The molecule has 1 saturated heterocycles. The zero-order chi connectivity index (χ0) is 12.7. The molecule has 0 N–H and O–H groups in total. The van der Waals surface area contributed by atoms with Crippen molar-refractivity contribution < 1.29 is 9.53 Å². The van der Waals surface area contributed by atoms with Gasteiger partial charge in [-0.05, 0) is 39.7 Å². The summed E-state index contributed by atoms with van der Waals surface area (Å²) < 4.78 is 5.16. The van der Waals surface area contributed by atoms with E-state index in [-0.39, 0.29) is 0 Å². The van der Waals surface area contributed by atoms with E-state index in [1.165, 1.54) is 25.7 Å². The zero-order valence-corrected chi connectivity index (χ0v) is 11.6. The molecule has 0 aromatic heterocycles. The van der Waals surface area contributed by atoms with Crippen molar-refractivity contribution in [3.05, 3.63) is 0 Å². The Hall–Kier alpha value is -0.410. The van der Waals surface area contributed by atoms with Crippen LogP contribution in [-0.4, -0.2) is 43.0 Å². The first kappa shape index (κ1) is 14.7. The average molecular weight is 241 g/mol. The minimum atomic E-state index is 0.320. The van der Waals surface area contributed by atoms with Gasteiger partial charge in [0.2, 0.25) is 0 Å². The maximum Gasteiger partial charge on any atom is 0.131 e. The molecule has 100 valence electrons. The number of hydrogen-bond acceptors (Lipinski definition) is 3. The van der Waals surface area contributed by atoms with Crippen LogP contribution in [0.1, 0.15) is 52.4 Å². The molecule has 1 fully saturated rings. The van der Waals surface area contributed by atoms with Crippen LogP contribution in [-0.2, 0) is 9.53 Å². The molecule has 0 radical (unpaired) electrons. The molecule has 1 rings (SSSR count). The molecule has 0 bridgehead atoms. The summed E-state index contributed by atoms with van der Waals surface area (Å²) in [5.74, 6) is 0.320. The molecule has 3 heteroatoms. The highest BCUT2D eigenvalue weighted by atomic mass is 16.5. The maximum absolute atomic E-state index is 11.4. The Labute approximate surface area is 106 Å². The third-order valence-electron chi connectivity index (χ3n) is 3.75. The molecule has 17 heavy (non-hydrogen) atoms. The van der Waals surface area contributed by atoms with Gasteiger partial charge >= 0.3 is 0 Å². The van der Waals surface area contributed by atoms with Crippen molar-refractivity contribution in [1.29, 1.82) is 0 Å². The molecule has 3 nitrogen and oxygen atoms in total. The van der Waals surface area contributed by atoms with Gasteiger partial charge < -0.3 is 4.74 Å². The van der Waals surface area contributed by atoms with E-state index in [4.69, 9.17) is 4.74 Å². The largest absolute Gasteiger partial charge is 0.385 e. The molecule has 2 unspecified atom stereocenters. The molecule has 1 aliphatic heterocycles. The molecular formula is C14H27NO2. The van der Waals surface area contributed by atoms with Crippen LogP contribution < -0.4 is 0 Å². The number of nitrogens with zero attached hydrogens (tertiary/aromatic N) is 1. The predicted octanol–water partition coefficient (Wildman–Crippen LogP) is 2.64. The van der Waals surface area contributed by atoms with Crippen LogP contribution in [0.5, 0.6) is 0 Å². The van der Waals surface area contributed by atoms with Crippen molar-refractivity contribution in [2.45, 2.75) is 64.5 Å². The molecule has 0 aromatic rings. The smallest absolute Gasteiger partial charge is 0.131 e. The van der Waals surface area contributed by atoms with Gasteiger partial charge in [-0.2, -0.15) is 0 Å². The average Bonchev–Trinajstić information content (AvgIpc) is 2.50. The number of methoxy groups -OCH3 is 1. The SMILES string of the molecule is COCCC(C)N1CCCCCC1CC(C)=O. The summed E-state index contributed by atoms with van der Waals surface area (Å²) >= 11 is 0. The lowest BCUT2D eigenvalue weighted by Crippen LogP contribution is -2.42. The van der Waals surface area contributed by atoms with Crippen molar-refractivity contribution >= 4 is 5.78 Å². The molecule has 0 saturated carbocycles. The third-order valence-corrected chi connectivity index (χ3v) is 3.75. The van der Waals surface area contributed by atoms with E-state index in [0.717, 1.165) is 26.0 Å². The second-order valence-electron chi connectivity index (χ2n) is 5.28. The highest BCUT2D eigenvalue weighted by Crippen LogP contribution is 2.22. The molecule has 1 heterocycles. The van der Waals surface area contributed by atoms with Crippen LogP contribution in [0.15, 0.2) is 0 Å². The summed E-state index contributed by atoms with van der Waals surface area (Å²) in [4.78, 5) is 13.9. The Morgan fingerprint density at radius 1 is 1.41 bits per heavy atom. The van der Waals surface area contributed by atoms with E-state index >= 15 is 0 Å². The van der Waals surface area contributed by atoms with Crippen LogP contribution in [0.2, 0.25) is 0 Å².